The minimum absolute atomic E-state index is 0.252. The van der Waals surface area contributed by atoms with Crippen molar-refractivity contribution in [3.8, 4) is 0 Å². The fourth-order valence-electron chi connectivity index (χ4n) is 0.579. The minimum Gasteiger partial charge on any atom is -0.393 e. The maximum atomic E-state index is 8.93. The van der Waals surface area contributed by atoms with Gasteiger partial charge in [0.05, 0.1) is 6.10 Å². The predicted octanol–water partition coefficient (Wildman–Crippen LogP) is 1.63. The lowest BCUT2D eigenvalue weighted by molar-refractivity contribution is 0.135. The molecule has 0 aliphatic rings. The average molecular weight is 137 g/mol. The monoisotopic (exact) mass is 136 g/mol. The molecule has 0 saturated carbocycles. The normalized spacial score (nSPS) is 18.0. The molecule has 1 nitrogen and oxygen atoms in total. The van der Waals surface area contributed by atoms with E-state index in [-0.39, 0.29) is 12.0 Å². The van der Waals surface area contributed by atoms with Crippen LogP contribution in [-0.2, 0) is 0 Å². The van der Waals surface area contributed by atoms with Gasteiger partial charge < -0.3 is 5.11 Å². The van der Waals surface area contributed by atoms with Crippen LogP contribution in [0.25, 0.3) is 0 Å². The highest BCUT2D eigenvalue weighted by Gasteiger charge is 2.09. The van der Waals surface area contributed by atoms with Crippen LogP contribution in [0.2, 0.25) is 0 Å². The second-order valence-corrected chi connectivity index (χ2v) is 2.37. The van der Waals surface area contributed by atoms with E-state index in [9.17, 15) is 0 Å². The van der Waals surface area contributed by atoms with Crippen LogP contribution in [0.3, 0.4) is 0 Å². The largest absolute Gasteiger partial charge is 0.393 e. The van der Waals surface area contributed by atoms with E-state index in [4.69, 9.17) is 16.7 Å². The number of aliphatic hydroxyl groups is 1. The zero-order chi connectivity index (χ0) is 6.57. The number of halogens is 1. The molecule has 0 rings (SSSR count). The lowest BCUT2D eigenvalue weighted by Crippen LogP contribution is -2.16. The Labute approximate surface area is 55.7 Å². The number of hydrogen-bond acceptors (Lipinski definition) is 1. The van der Waals surface area contributed by atoms with Gasteiger partial charge in [-0.25, -0.2) is 0 Å². The molecule has 1 N–H and O–H groups in total. The molecule has 2 heteroatoms. The Morgan fingerprint density at radius 1 is 1.62 bits per heavy atom. The molecule has 50 valence electrons. The van der Waals surface area contributed by atoms with Gasteiger partial charge in [0.1, 0.15) is 0 Å². The highest BCUT2D eigenvalue weighted by molar-refractivity contribution is 6.18. The zero-order valence-electron chi connectivity index (χ0n) is 5.39. The van der Waals surface area contributed by atoms with Gasteiger partial charge in [0.2, 0.25) is 0 Å². The predicted molar refractivity (Wildman–Crippen MR) is 36.2 cm³/mol. The lowest BCUT2D eigenvalue weighted by Gasteiger charge is -2.12. The third-order valence-electron chi connectivity index (χ3n) is 1.40. The van der Waals surface area contributed by atoms with Crippen LogP contribution in [0.15, 0.2) is 0 Å². The molecule has 0 aromatic rings. The molecule has 0 radical (unpaired) electrons. The van der Waals surface area contributed by atoms with Crippen molar-refractivity contribution >= 4 is 11.6 Å². The molecule has 0 heterocycles. The smallest absolute Gasteiger partial charge is 0.0551 e. The Balaban J connectivity index is 3.35. The molecule has 0 amide bonds. The molecule has 2 atom stereocenters. The fourth-order valence-corrected chi connectivity index (χ4v) is 1.06. The molecule has 0 aromatic carbocycles. The third-order valence-corrected chi connectivity index (χ3v) is 1.80. The van der Waals surface area contributed by atoms with Gasteiger partial charge >= 0.3 is 0 Å². The van der Waals surface area contributed by atoms with Crippen LogP contribution >= 0.6 is 11.6 Å². The summed E-state index contributed by atoms with van der Waals surface area (Å²) in [6.45, 7) is 3.80. The Hall–Kier alpha value is 0.250. The van der Waals surface area contributed by atoms with Crippen LogP contribution in [0.5, 0.6) is 0 Å². The molecule has 0 aliphatic carbocycles. The topological polar surface area (TPSA) is 20.2 Å². The Kier molecular flexibility index (Phi) is 4.29. The van der Waals surface area contributed by atoms with Crippen LogP contribution in [0.4, 0.5) is 0 Å². The molecule has 2 unspecified atom stereocenters. The average Bonchev–Trinajstić information content (AvgIpc) is 1.69. The zero-order valence-corrected chi connectivity index (χ0v) is 6.15. The molecule has 0 saturated heterocycles. The molecule has 0 spiro atoms. The Morgan fingerprint density at radius 3 is 2.12 bits per heavy atom. The van der Waals surface area contributed by atoms with Crippen molar-refractivity contribution in [2.75, 3.05) is 5.88 Å². The quantitative estimate of drug-likeness (QED) is 0.585. The summed E-state index contributed by atoms with van der Waals surface area (Å²) in [4.78, 5) is 0. The maximum absolute atomic E-state index is 8.93. The van der Waals surface area contributed by atoms with Crippen molar-refractivity contribution in [3.63, 3.8) is 0 Å². The third kappa shape index (κ3) is 2.53. The Morgan fingerprint density at radius 2 is 2.12 bits per heavy atom. The number of rotatable bonds is 3. The lowest BCUT2D eigenvalue weighted by atomic mass is 10.0. The van der Waals surface area contributed by atoms with Crippen molar-refractivity contribution < 1.29 is 5.11 Å². The van der Waals surface area contributed by atoms with Gasteiger partial charge in [-0.1, -0.05) is 6.92 Å². The van der Waals surface area contributed by atoms with Crippen LogP contribution in [-0.4, -0.2) is 17.1 Å². The first-order chi connectivity index (χ1) is 3.72. The summed E-state index contributed by atoms with van der Waals surface area (Å²) >= 11 is 5.50. The molecule has 8 heavy (non-hydrogen) atoms. The van der Waals surface area contributed by atoms with E-state index in [0.717, 1.165) is 6.42 Å². The summed E-state index contributed by atoms with van der Waals surface area (Å²) < 4.78 is 0. The van der Waals surface area contributed by atoms with Crippen molar-refractivity contribution in [1.82, 2.24) is 0 Å². The molecule has 0 bridgehead atoms. The second kappa shape index (κ2) is 4.16. The van der Waals surface area contributed by atoms with Crippen molar-refractivity contribution in [3.05, 3.63) is 0 Å². The number of alkyl halides is 1. The summed E-state index contributed by atoms with van der Waals surface area (Å²) in [6, 6.07) is 0. The first kappa shape index (κ1) is 8.25. The minimum atomic E-state index is -0.252. The van der Waals surface area contributed by atoms with Crippen LogP contribution in [0.1, 0.15) is 20.3 Å². The first-order valence-electron chi connectivity index (χ1n) is 2.96. The highest BCUT2D eigenvalue weighted by atomic mass is 35.5. The van der Waals surface area contributed by atoms with E-state index in [2.05, 4.69) is 0 Å². The molecule has 0 aliphatic heterocycles. The van der Waals surface area contributed by atoms with Crippen molar-refractivity contribution in [2.45, 2.75) is 26.4 Å². The summed E-state index contributed by atoms with van der Waals surface area (Å²) in [7, 11) is 0. The summed E-state index contributed by atoms with van der Waals surface area (Å²) in [5.41, 5.74) is 0. The van der Waals surface area contributed by atoms with E-state index in [1.54, 1.807) is 6.92 Å². The van der Waals surface area contributed by atoms with Gasteiger partial charge in [-0.3, -0.25) is 0 Å². The Bertz CT molecular complexity index is 50.5. The SMILES string of the molecule is CCC(CCl)C(C)O. The highest BCUT2D eigenvalue weighted by Crippen LogP contribution is 2.09. The summed E-state index contributed by atoms with van der Waals surface area (Å²) in [5.74, 6) is 0.838. The van der Waals surface area contributed by atoms with Crippen LogP contribution < -0.4 is 0 Å². The second-order valence-electron chi connectivity index (χ2n) is 2.06. The van der Waals surface area contributed by atoms with Crippen molar-refractivity contribution in [1.29, 1.82) is 0 Å². The van der Waals surface area contributed by atoms with Gasteiger partial charge in [-0.15, -0.1) is 11.6 Å². The molecular weight excluding hydrogens is 124 g/mol. The van der Waals surface area contributed by atoms with E-state index in [0.29, 0.717) is 5.88 Å². The van der Waals surface area contributed by atoms with Crippen LogP contribution in [0, 0.1) is 5.92 Å². The van der Waals surface area contributed by atoms with E-state index in [1.165, 1.54) is 0 Å². The van der Waals surface area contributed by atoms with E-state index in [1.807, 2.05) is 6.92 Å². The first-order valence-corrected chi connectivity index (χ1v) is 3.49. The molecule has 0 aromatic heterocycles. The van der Waals surface area contributed by atoms with Gasteiger partial charge in [0.25, 0.3) is 0 Å². The van der Waals surface area contributed by atoms with Gasteiger partial charge in [-0.05, 0) is 19.3 Å². The summed E-state index contributed by atoms with van der Waals surface area (Å²) in [5, 5.41) is 8.93. The summed E-state index contributed by atoms with van der Waals surface area (Å²) in [6.07, 6.45) is 0.707. The number of aliphatic hydroxyl groups excluding tert-OH is 1. The van der Waals surface area contributed by atoms with E-state index < -0.39 is 0 Å². The maximum Gasteiger partial charge on any atom is 0.0551 e. The van der Waals surface area contributed by atoms with Gasteiger partial charge in [0, 0.05) is 5.88 Å². The fraction of sp³-hybridized carbons (Fsp3) is 1.00. The van der Waals surface area contributed by atoms with Gasteiger partial charge in [-0.2, -0.15) is 0 Å². The number of hydrogen-bond donors (Lipinski definition) is 1. The molecule has 0 fully saturated rings. The molecular formula is C6H13ClO. The van der Waals surface area contributed by atoms with Crippen molar-refractivity contribution in [2.24, 2.45) is 5.92 Å². The standard InChI is InChI=1S/C6H13ClO/c1-3-6(4-7)5(2)8/h5-6,8H,3-4H2,1-2H3. The van der Waals surface area contributed by atoms with E-state index >= 15 is 0 Å². The van der Waals surface area contributed by atoms with Gasteiger partial charge in [0.15, 0.2) is 0 Å².